The SMILES string of the molecule is CC(=O)OC1CC(=O)N1c1ccc2c(c1)[C@@]1(O[C@H](CCn3cc(CCO)nn3)[C@@H]([Si](C)(C)F)[C@@H]1C)C(=O)N2C. The molecule has 1 aromatic heterocycles. The average molecular weight is 560 g/mol. The van der Waals surface area contributed by atoms with Gasteiger partial charge in [-0.2, -0.15) is 0 Å². The molecule has 2 fully saturated rings. The third kappa shape index (κ3) is 4.45. The second-order valence-electron chi connectivity index (χ2n) is 11.1. The summed E-state index contributed by atoms with van der Waals surface area (Å²) in [7, 11) is -1.66. The summed E-state index contributed by atoms with van der Waals surface area (Å²) in [6.45, 7) is 6.82. The molecule has 2 amide bonds. The zero-order chi connectivity index (χ0) is 28.3. The first-order valence-corrected chi connectivity index (χ1v) is 16.1. The molecule has 5 atom stereocenters. The van der Waals surface area contributed by atoms with Crippen molar-refractivity contribution >= 4 is 37.6 Å². The third-order valence-electron chi connectivity index (χ3n) is 8.16. The molecule has 0 aliphatic carbocycles. The Morgan fingerprint density at radius 3 is 2.72 bits per heavy atom. The van der Waals surface area contributed by atoms with E-state index in [-0.39, 0.29) is 24.8 Å². The first-order chi connectivity index (χ1) is 18.4. The van der Waals surface area contributed by atoms with Gasteiger partial charge in [-0.05, 0) is 37.7 Å². The summed E-state index contributed by atoms with van der Waals surface area (Å²) in [4.78, 5) is 40.8. The predicted molar refractivity (Wildman–Crippen MR) is 141 cm³/mol. The van der Waals surface area contributed by atoms with Crippen LogP contribution in [0, 0.1) is 5.92 Å². The maximum absolute atomic E-state index is 15.9. The summed E-state index contributed by atoms with van der Waals surface area (Å²) in [5.74, 6) is -1.44. The van der Waals surface area contributed by atoms with Gasteiger partial charge in [0.25, 0.3) is 5.91 Å². The van der Waals surface area contributed by atoms with Gasteiger partial charge in [-0.15, -0.1) is 5.10 Å². The summed E-state index contributed by atoms with van der Waals surface area (Å²) in [5, 5.41) is 17.3. The van der Waals surface area contributed by atoms with Crippen LogP contribution in [0.3, 0.4) is 0 Å². The van der Waals surface area contributed by atoms with Crippen molar-refractivity contribution in [1.29, 1.82) is 0 Å². The fraction of sp³-hybridized carbons (Fsp3) is 0.577. The number of β-lactam (4-membered cyclic amide) rings is 1. The molecule has 3 aliphatic heterocycles. The van der Waals surface area contributed by atoms with Crippen molar-refractivity contribution in [2.45, 2.75) is 76.2 Å². The second-order valence-corrected chi connectivity index (χ2v) is 14.9. The Bertz CT molecular complexity index is 1310. The van der Waals surface area contributed by atoms with Gasteiger partial charge in [0.2, 0.25) is 14.3 Å². The van der Waals surface area contributed by atoms with E-state index in [0.29, 0.717) is 42.0 Å². The Labute approximate surface area is 227 Å². The van der Waals surface area contributed by atoms with Gasteiger partial charge in [0, 0.05) is 62.5 Å². The minimum atomic E-state index is -3.33. The molecule has 4 heterocycles. The number of likely N-dealkylation sites (N-methyl/N-ethyl adjacent to an activating group) is 1. The molecule has 1 unspecified atom stereocenters. The number of carbonyl (C=O) groups is 3. The number of aliphatic hydroxyl groups is 1. The number of ether oxygens (including phenoxy) is 2. The molecular formula is C26H34FN5O6Si. The van der Waals surface area contributed by atoms with Crippen molar-refractivity contribution in [3.05, 3.63) is 35.7 Å². The number of aliphatic hydroxyl groups excluding tert-OH is 1. The molecule has 210 valence electrons. The Kier molecular flexibility index (Phi) is 6.88. The molecule has 1 N–H and O–H groups in total. The molecule has 39 heavy (non-hydrogen) atoms. The zero-order valence-corrected chi connectivity index (χ0v) is 23.8. The number of hydrogen-bond donors (Lipinski definition) is 1. The number of fused-ring (bicyclic) bond motifs is 2. The van der Waals surface area contributed by atoms with Gasteiger partial charge in [0.05, 0.1) is 23.9 Å². The van der Waals surface area contributed by atoms with Crippen molar-refractivity contribution in [2.75, 3.05) is 23.5 Å². The van der Waals surface area contributed by atoms with Crippen LogP contribution >= 0.6 is 0 Å². The van der Waals surface area contributed by atoms with Crippen LogP contribution in [0.2, 0.25) is 18.6 Å². The number of rotatable bonds is 8. The van der Waals surface area contributed by atoms with E-state index in [0.717, 1.165) is 0 Å². The van der Waals surface area contributed by atoms with Crippen LogP contribution in [0.15, 0.2) is 24.4 Å². The van der Waals surface area contributed by atoms with Crippen molar-refractivity contribution in [1.82, 2.24) is 15.0 Å². The smallest absolute Gasteiger partial charge is 0.304 e. The van der Waals surface area contributed by atoms with Crippen LogP contribution in [0.1, 0.15) is 37.9 Å². The summed E-state index contributed by atoms with van der Waals surface area (Å²) < 4.78 is 29.5. The number of anilines is 2. The Morgan fingerprint density at radius 2 is 2.08 bits per heavy atom. The highest BCUT2D eigenvalue weighted by atomic mass is 28.4. The molecule has 1 aromatic carbocycles. The molecule has 2 saturated heterocycles. The fourth-order valence-electron chi connectivity index (χ4n) is 6.48. The maximum atomic E-state index is 15.9. The van der Waals surface area contributed by atoms with Gasteiger partial charge < -0.3 is 23.6 Å². The van der Waals surface area contributed by atoms with Crippen molar-refractivity contribution in [3.63, 3.8) is 0 Å². The monoisotopic (exact) mass is 559 g/mol. The highest BCUT2D eigenvalue weighted by Crippen LogP contribution is 2.60. The third-order valence-corrected chi connectivity index (χ3v) is 10.6. The number of esters is 1. The van der Waals surface area contributed by atoms with Crippen LogP contribution in [-0.2, 0) is 42.4 Å². The second kappa shape index (κ2) is 9.79. The Balaban J connectivity index is 1.50. The molecule has 11 nitrogen and oxygen atoms in total. The largest absolute Gasteiger partial charge is 0.441 e. The molecule has 5 rings (SSSR count). The number of halogens is 1. The van der Waals surface area contributed by atoms with Crippen LogP contribution in [0.4, 0.5) is 15.5 Å². The minimum absolute atomic E-state index is 0.0319. The molecule has 1 spiro atoms. The van der Waals surface area contributed by atoms with Gasteiger partial charge in [0.1, 0.15) is 0 Å². The lowest BCUT2D eigenvalue weighted by Crippen LogP contribution is -2.55. The number of hydrogen-bond acceptors (Lipinski definition) is 8. The van der Waals surface area contributed by atoms with Crippen LogP contribution in [0.5, 0.6) is 0 Å². The lowest BCUT2D eigenvalue weighted by Gasteiger charge is -2.39. The summed E-state index contributed by atoms with van der Waals surface area (Å²) in [6, 6.07) is 5.21. The van der Waals surface area contributed by atoms with Crippen molar-refractivity contribution in [2.24, 2.45) is 5.92 Å². The number of amides is 2. The first-order valence-electron chi connectivity index (χ1n) is 13.2. The highest BCUT2D eigenvalue weighted by Gasteiger charge is 2.66. The van der Waals surface area contributed by atoms with E-state index in [2.05, 4.69) is 10.3 Å². The maximum Gasteiger partial charge on any atom is 0.304 e. The standard InChI is InChI=1S/C26H34FN5O6Si/c1-15-24(39(4,5)27)21(8-10-31-14-17(9-11-33)28-29-31)38-26(15)19-12-18(6-7-20(19)30(3)25(26)36)32-22(35)13-23(32)37-16(2)34/h6-7,12,14-15,21,23-24,33H,8-11,13H2,1-5H3/t15-,21+,23?,24-,26+/m0/s1. The topological polar surface area (TPSA) is 127 Å². The van der Waals surface area contributed by atoms with E-state index < -0.39 is 43.8 Å². The van der Waals surface area contributed by atoms with E-state index in [1.807, 2.05) is 6.92 Å². The molecule has 3 aliphatic rings. The van der Waals surface area contributed by atoms with E-state index >= 15 is 4.11 Å². The predicted octanol–water partition coefficient (Wildman–Crippen LogP) is 2.28. The molecular weight excluding hydrogens is 525 g/mol. The van der Waals surface area contributed by atoms with Gasteiger partial charge in [-0.3, -0.25) is 24.0 Å². The average Bonchev–Trinajstić information content (AvgIpc) is 3.48. The molecule has 13 heteroatoms. The molecule has 2 aromatic rings. The summed E-state index contributed by atoms with van der Waals surface area (Å²) >= 11 is 0. The van der Waals surface area contributed by atoms with Crippen LogP contribution in [-0.4, -0.2) is 72.3 Å². The van der Waals surface area contributed by atoms with Gasteiger partial charge >= 0.3 is 5.97 Å². The van der Waals surface area contributed by atoms with Crippen molar-refractivity contribution in [3.8, 4) is 0 Å². The number of aryl methyl sites for hydroxylation is 1. The Morgan fingerprint density at radius 1 is 1.33 bits per heavy atom. The molecule has 0 saturated carbocycles. The fourth-order valence-corrected chi connectivity index (χ4v) is 9.02. The van der Waals surface area contributed by atoms with Crippen LogP contribution in [0.25, 0.3) is 0 Å². The van der Waals surface area contributed by atoms with Crippen molar-refractivity contribution < 1.29 is 33.1 Å². The van der Waals surface area contributed by atoms with Gasteiger partial charge in [-0.1, -0.05) is 12.1 Å². The van der Waals surface area contributed by atoms with E-state index in [1.54, 1.807) is 49.2 Å². The lowest BCUT2D eigenvalue weighted by atomic mass is 9.82. The summed E-state index contributed by atoms with van der Waals surface area (Å²) in [5.41, 5.74) is 0.470. The van der Waals surface area contributed by atoms with E-state index in [1.165, 1.54) is 16.7 Å². The van der Waals surface area contributed by atoms with Gasteiger partial charge in [-0.25, -0.2) is 0 Å². The first kappa shape index (κ1) is 27.4. The van der Waals surface area contributed by atoms with E-state index in [4.69, 9.17) is 14.6 Å². The lowest BCUT2D eigenvalue weighted by molar-refractivity contribution is -0.153. The minimum Gasteiger partial charge on any atom is -0.441 e. The summed E-state index contributed by atoms with van der Waals surface area (Å²) in [6.07, 6.45) is 1.38. The number of carbonyl (C=O) groups excluding carboxylic acids is 3. The number of nitrogens with zero attached hydrogens (tertiary/aromatic N) is 5. The van der Waals surface area contributed by atoms with Crippen LogP contribution < -0.4 is 9.80 Å². The quantitative estimate of drug-likeness (QED) is 0.226. The molecule has 0 radical (unpaired) electrons. The van der Waals surface area contributed by atoms with E-state index in [9.17, 15) is 14.4 Å². The normalized spacial score (nSPS) is 28.3. The highest BCUT2D eigenvalue weighted by molar-refractivity contribution is 6.72. The molecule has 0 bridgehead atoms. The number of benzene rings is 1. The van der Waals surface area contributed by atoms with Gasteiger partial charge in [0.15, 0.2) is 11.8 Å². The Hall–Kier alpha value is -3.16. The zero-order valence-electron chi connectivity index (χ0n) is 22.8. The number of aromatic nitrogens is 3.